The van der Waals surface area contributed by atoms with E-state index in [4.69, 9.17) is 0 Å². The molecule has 0 bridgehead atoms. The number of carbonyl (C=O) groups is 2. The molecule has 0 aliphatic carbocycles. The zero-order valence-electron chi connectivity index (χ0n) is 19.1. The van der Waals surface area contributed by atoms with Crippen molar-refractivity contribution in [1.29, 1.82) is 0 Å². The van der Waals surface area contributed by atoms with Crippen molar-refractivity contribution in [2.75, 3.05) is 36.4 Å². The third-order valence-corrected chi connectivity index (χ3v) is 6.58. The van der Waals surface area contributed by atoms with Crippen LogP contribution in [-0.4, -0.2) is 53.0 Å². The molecule has 0 saturated carbocycles. The number of hydrogen-bond acceptors (Lipinski definition) is 5. The Labute approximate surface area is 214 Å². The zero-order chi connectivity index (χ0) is 25.3. The smallest absolute Gasteiger partial charge is 0.337 e. The lowest BCUT2D eigenvalue weighted by atomic mass is 10.0. The first kappa shape index (κ1) is 24.8. The van der Waals surface area contributed by atoms with Gasteiger partial charge < -0.3 is 20.2 Å². The van der Waals surface area contributed by atoms with Crippen LogP contribution < -0.4 is 10.2 Å². The Morgan fingerprint density at radius 1 is 1.00 bits per heavy atom. The van der Waals surface area contributed by atoms with E-state index in [1.54, 1.807) is 25.3 Å². The Morgan fingerprint density at radius 3 is 2.34 bits per heavy atom. The van der Waals surface area contributed by atoms with Crippen LogP contribution in [0.3, 0.4) is 0 Å². The maximum Gasteiger partial charge on any atom is 0.337 e. The van der Waals surface area contributed by atoms with E-state index in [2.05, 4.69) is 32.9 Å². The summed E-state index contributed by atoms with van der Waals surface area (Å²) in [7, 11) is 0. The fourth-order valence-corrected chi connectivity index (χ4v) is 4.62. The van der Waals surface area contributed by atoms with Crippen LogP contribution in [0.5, 0.6) is 0 Å². The third kappa shape index (κ3) is 5.21. The quantitative estimate of drug-likeness (QED) is 0.407. The fraction of sp³-hybridized carbons (Fsp3) is 0.240. The molecule has 1 saturated heterocycles. The van der Waals surface area contributed by atoms with Crippen LogP contribution in [0.4, 0.5) is 26.0 Å². The number of benzene rings is 2. The topological polar surface area (TPSA) is 85.8 Å². The normalized spacial score (nSPS) is 13.6. The third-order valence-electron chi connectivity index (χ3n) is 5.91. The van der Waals surface area contributed by atoms with Gasteiger partial charge in [-0.15, -0.1) is 0 Å². The number of carboxylic acid groups (broad SMARTS) is 1. The lowest BCUT2D eigenvalue weighted by molar-refractivity contribution is 0.0697. The van der Waals surface area contributed by atoms with Crippen molar-refractivity contribution >= 4 is 51.7 Å². The molecule has 2 N–H and O–H groups in total. The minimum Gasteiger partial charge on any atom is -0.478 e. The van der Waals surface area contributed by atoms with Crippen LogP contribution in [-0.2, 0) is 0 Å². The summed E-state index contributed by atoms with van der Waals surface area (Å²) in [4.78, 5) is 32.7. The lowest BCUT2D eigenvalue weighted by Gasteiger charge is -2.35. The number of anilines is 3. The molecule has 2 heterocycles. The molecule has 0 atom stereocenters. The van der Waals surface area contributed by atoms with Crippen molar-refractivity contribution in [2.45, 2.75) is 13.8 Å². The predicted molar refractivity (Wildman–Crippen MR) is 138 cm³/mol. The monoisotopic (exact) mass is 592 g/mol. The van der Waals surface area contributed by atoms with Gasteiger partial charge in [-0.05, 0) is 84.0 Å². The molecular formula is C25H23F2IN4O3. The van der Waals surface area contributed by atoms with Gasteiger partial charge in [-0.1, -0.05) is 0 Å². The van der Waals surface area contributed by atoms with Crippen LogP contribution >= 0.6 is 22.6 Å². The molecule has 0 radical (unpaired) electrons. The predicted octanol–water partition coefficient (Wildman–Crippen LogP) is 4.99. The fourth-order valence-electron chi connectivity index (χ4n) is 3.98. The van der Waals surface area contributed by atoms with Crippen molar-refractivity contribution in [1.82, 2.24) is 9.88 Å². The highest BCUT2D eigenvalue weighted by molar-refractivity contribution is 14.1. The summed E-state index contributed by atoms with van der Waals surface area (Å²) in [6.07, 6.45) is 1.71. The number of halogens is 3. The number of aryl methyl sites for hydroxylation is 2. The number of nitrogens with zero attached hydrogens (tertiary/aromatic N) is 3. The number of carbonyl (C=O) groups excluding carboxylic acids is 1. The first-order chi connectivity index (χ1) is 16.7. The van der Waals surface area contributed by atoms with Crippen LogP contribution in [0.1, 0.15) is 31.8 Å². The average Bonchev–Trinajstić information content (AvgIpc) is 2.83. The molecule has 182 valence electrons. The Kier molecular flexibility index (Phi) is 7.20. The maximum absolute atomic E-state index is 15.1. The van der Waals surface area contributed by atoms with Gasteiger partial charge in [0.15, 0.2) is 11.6 Å². The van der Waals surface area contributed by atoms with Crippen molar-refractivity contribution in [3.63, 3.8) is 0 Å². The van der Waals surface area contributed by atoms with Gasteiger partial charge in [0.1, 0.15) is 5.82 Å². The van der Waals surface area contributed by atoms with E-state index in [0.717, 1.165) is 26.6 Å². The summed E-state index contributed by atoms with van der Waals surface area (Å²) in [5.41, 5.74) is 0.577. The minimum absolute atomic E-state index is 0.264. The second-order valence-corrected chi connectivity index (χ2v) is 9.58. The molecule has 7 nitrogen and oxygen atoms in total. The number of aromatic carboxylic acids is 1. The number of nitrogens with one attached hydrogen (secondary N) is 1. The van der Waals surface area contributed by atoms with E-state index < -0.39 is 40.3 Å². The average molecular weight is 592 g/mol. The minimum atomic E-state index is -1.47. The number of pyridine rings is 1. The van der Waals surface area contributed by atoms with Gasteiger partial charge in [0.2, 0.25) is 0 Å². The highest BCUT2D eigenvalue weighted by Crippen LogP contribution is 2.31. The largest absolute Gasteiger partial charge is 0.478 e. The molecular weight excluding hydrogens is 569 g/mol. The summed E-state index contributed by atoms with van der Waals surface area (Å²) < 4.78 is 31.2. The number of carboxylic acids is 1. The Hall–Kier alpha value is -3.28. The molecule has 1 fully saturated rings. The molecule has 1 aliphatic heterocycles. The van der Waals surface area contributed by atoms with Gasteiger partial charge in [-0.25, -0.2) is 18.6 Å². The van der Waals surface area contributed by atoms with Crippen molar-refractivity contribution < 1.29 is 23.5 Å². The van der Waals surface area contributed by atoms with Crippen molar-refractivity contribution in [3.8, 4) is 0 Å². The van der Waals surface area contributed by atoms with Gasteiger partial charge in [0.25, 0.3) is 5.91 Å². The number of aromatic nitrogens is 1. The van der Waals surface area contributed by atoms with Crippen LogP contribution in [0.25, 0.3) is 0 Å². The standard InChI is InChI=1S/C25H23F2IN4O3/c1-14-5-6-29-20(11-14)31-7-9-32(10-8-31)24(33)17-13-18(25(34)35)23(22(27)21(17)26)30-19-4-3-16(28)12-15(19)2/h3-6,11-13,30H,7-10H2,1-2H3,(H,34,35). The van der Waals surface area contributed by atoms with E-state index in [-0.39, 0.29) is 13.1 Å². The first-order valence-corrected chi connectivity index (χ1v) is 12.0. The SMILES string of the molecule is Cc1ccnc(N2CCN(C(=O)c3cc(C(=O)O)c(Nc4ccc(I)cc4C)c(F)c3F)CC2)c1. The van der Waals surface area contributed by atoms with E-state index >= 15 is 8.78 Å². The van der Waals surface area contributed by atoms with Crippen LogP contribution in [0, 0.1) is 29.1 Å². The number of amides is 1. The summed E-state index contributed by atoms with van der Waals surface area (Å²) >= 11 is 2.12. The highest BCUT2D eigenvalue weighted by atomic mass is 127. The Morgan fingerprint density at radius 2 is 1.71 bits per heavy atom. The maximum atomic E-state index is 15.1. The van der Waals surface area contributed by atoms with Gasteiger partial charge in [0, 0.05) is 41.6 Å². The van der Waals surface area contributed by atoms with Crippen molar-refractivity contribution in [2.24, 2.45) is 0 Å². The molecule has 35 heavy (non-hydrogen) atoms. The van der Waals surface area contributed by atoms with Crippen LogP contribution in [0.2, 0.25) is 0 Å². The molecule has 3 aromatic rings. The Bertz CT molecular complexity index is 1310. The second-order valence-electron chi connectivity index (χ2n) is 8.33. The molecule has 10 heteroatoms. The number of piperazine rings is 1. The van der Waals surface area contributed by atoms with Gasteiger partial charge in [0.05, 0.1) is 16.8 Å². The van der Waals surface area contributed by atoms with Gasteiger partial charge in [-0.3, -0.25) is 4.79 Å². The second kappa shape index (κ2) is 10.1. The molecule has 1 aliphatic rings. The lowest BCUT2D eigenvalue weighted by Crippen LogP contribution is -2.49. The molecule has 2 aromatic carbocycles. The zero-order valence-corrected chi connectivity index (χ0v) is 21.3. The van der Waals surface area contributed by atoms with Gasteiger partial charge >= 0.3 is 5.97 Å². The first-order valence-electron chi connectivity index (χ1n) is 10.9. The van der Waals surface area contributed by atoms with E-state index in [1.807, 2.05) is 30.0 Å². The van der Waals surface area contributed by atoms with Gasteiger partial charge in [-0.2, -0.15) is 0 Å². The van der Waals surface area contributed by atoms with Crippen molar-refractivity contribution in [3.05, 3.63) is 80.1 Å². The van der Waals surface area contributed by atoms with E-state index in [9.17, 15) is 14.7 Å². The highest BCUT2D eigenvalue weighted by Gasteiger charge is 2.30. The number of rotatable bonds is 5. The van der Waals surface area contributed by atoms with E-state index in [0.29, 0.717) is 18.8 Å². The van der Waals surface area contributed by atoms with Crippen LogP contribution in [0.15, 0.2) is 42.6 Å². The molecule has 1 aromatic heterocycles. The number of hydrogen-bond donors (Lipinski definition) is 2. The molecule has 0 unspecified atom stereocenters. The molecule has 4 rings (SSSR count). The molecule has 1 amide bonds. The summed E-state index contributed by atoms with van der Waals surface area (Å²) in [5.74, 6) is -4.23. The summed E-state index contributed by atoms with van der Waals surface area (Å²) in [6.45, 7) is 5.18. The molecule has 0 spiro atoms. The Balaban J connectivity index is 1.59. The summed E-state index contributed by atoms with van der Waals surface area (Å²) in [6, 6.07) is 9.96. The van der Waals surface area contributed by atoms with E-state index in [1.165, 1.54) is 4.90 Å². The summed E-state index contributed by atoms with van der Waals surface area (Å²) in [5, 5.41) is 12.4.